The molecule has 162 valence electrons. The average molecular weight is 437 g/mol. The minimum atomic E-state index is -0.275. The predicted octanol–water partition coefficient (Wildman–Crippen LogP) is 5.07. The Kier molecular flexibility index (Phi) is 7.25. The summed E-state index contributed by atoms with van der Waals surface area (Å²) in [5.74, 6) is 1.34. The van der Waals surface area contributed by atoms with E-state index in [0.29, 0.717) is 29.8 Å². The fourth-order valence-corrected chi connectivity index (χ4v) is 4.58. The van der Waals surface area contributed by atoms with E-state index in [-0.39, 0.29) is 11.2 Å². The van der Waals surface area contributed by atoms with Crippen LogP contribution in [0.15, 0.2) is 70.0 Å². The molecular weight excluding hydrogens is 408 g/mol. The first-order valence-corrected chi connectivity index (χ1v) is 11.7. The van der Waals surface area contributed by atoms with Crippen molar-refractivity contribution in [3.05, 3.63) is 65.9 Å². The molecule has 1 aromatic carbocycles. The van der Waals surface area contributed by atoms with Crippen LogP contribution >= 0.6 is 11.8 Å². The van der Waals surface area contributed by atoms with Gasteiger partial charge in [-0.1, -0.05) is 53.7 Å². The second-order valence-corrected chi connectivity index (χ2v) is 9.07. The number of amides is 1. The number of nitrogens with one attached hydrogen (secondary N) is 1. The van der Waals surface area contributed by atoms with E-state index in [9.17, 15) is 4.79 Å². The second-order valence-electron chi connectivity index (χ2n) is 7.76. The maximum atomic E-state index is 12.7. The van der Waals surface area contributed by atoms with Gasteiger partial charge in [-0.15, -0.1) is 10.2 Å². The van der Waals surface area contributed by atoms with Crippen molar-refractivity contribution in [2.45, 2.75) is 56.0 Å². The van der Waals surface area contributed by atoms with Crippen LogP contribution in [0.4, 0.5) is 0 Å². The molecule has 1 N–H and O–H groups in total. The van der Waals surface area contributed by atoms with Crippen molar-refractivity contribution in [3.63, 3.8) is 0 Å². The molecule has 1 aliphatic rings. The van der Waals surface area contributed by atoms with Crippen molar-refractivity contribution in [1.82, 2.24) is 20.1 Å². The lowest BCUT2D eigenvalue weighted by molar-refractivity contribution is -0.120. The summed E-state index contributed by atoms with van der Waals surface area (Å²) < 4.78 is 7.57. The van der Waals surface area contributed by atoms with E-state index < -0.39 is 0 Å². The Morgan fingerprint density at radius 2 is 2.06 bits per heavy atom. The Balaban J connectivity index is 1.43. The van der Waals surface area contributed by atoms with Gasteiger partial charge < -0.3 is 9.73 Å². The van der Waals surface area contributed by atoms with Crippen LogP contribution in [0.1, 0.15) is 44.6 Å². The van der Waals surface area contributed by atoms with Crippen LogP contribution in [0.25, 0.3) is 11.6 Å². The summed E-state index contributed by atoms with van der Waals surface area (Å²) in [7, 11) is 0. The van der Waals surface area contributed by atoms with Gasteiger partial charge in [-0.3, -0.25) is 9.36 Å². The number of aromatic nitrogens is 3. The molecule has 0 spiro atoms. The van der Waals surface area contributed by atoms with Crippen molar-refractivity contribution in [1.29, 1.82) is 0 Å². The minimum absolute atomic E-state index is 0.0234. The first kappa shape index (κ1) is 21.4. The molecule has 0 saturated carbocycles. The summed E-state index contributed by atoms with van der Waals surface area (Å²) in [6.07, 6.45) is 9.78. The highest BCUT2D eigenvalue weighted by Crippen LogP contribution is 2.28. The Bertz CT molecular complexity index is 1010. The largest absolute Gasteiger partial charge is 0.461 e. The zero-order valence-electron chi connectivity index (χ0n) is 17.8. The molecule has 31 heavy (non-hydrogen) atoms. The van der Waals surface area contributed by atoms with E-state index in [2.05, 4.69) is 33.7 Å². The standard InChI is InChI=1S/C24H28N4O2S/c1-18(23(29)25-15-14-19-9-4-2-5-10-19)31-24-27-26-22(21-13-8-16-30-21)28(24)17-20-11-6-3-7-12-20/h3,6-9,11-13,16,18H,2,4-5,10,14-15,17H2,1H3,(H,25,29). The number of furan rings is 1. The monoisotopic (exact) mass is 436 g/mol. The highest BCUT2D eigenvalue weighted by atomic mass is 32.2. The minimum Gasteiger partial charge on any atom is -0.461 e. The zero-order chi connectivity index (χ0) is 21.5. The first-order chi connectivity index (χ1) is 15.2. The normalized spacial score (nSPS) is 14.8. The third kappa shape index (κ3) is 5.67. The van der Waals surface area contributed by atoms with E-state index in [1.807, 2.05) is 41.8 Å². The summed E-state index contributed by atoms with van der Waals surface area (Å²) >= 11 is 1.42. The predicted molar refractivity (Wildman–Crippen MR) is 123 cm³/mol. The van der Waals surface area contributed by atoms with Crippen molar-refractivity contribution < 1.29 is 9.21 Å². The van der Waals surface area contributed by atoms with Crippen LogP contribution in [0.5, 0.6) is 0 Å². The molecule has 2 aromatic heterocycles. The van der Waals surface area contributed by atoms with Gasteiger partial charge in [-0.2, -0.15) is 0 Å². The Morgan fingerprint density at radius 1 is 1.19 bits per heavy atom. The molecule has 4 rings (SSSR count). The van der Waals surface area contributed by atoms with Crippen molar-refractivity contribution >= 4 is 17.7 Å². The molecule has 0 aliphatic heterocycles. The van der Waals surface area contributed by atoms with Gasteiger partial charge in [0.15, 0.2) is 10.9 Å². The molecule has 1 atom stereocenters. The number of carbonyl (C=O) groups excluding carboxylic acids is 1. The summed E-state index contributed by atoms with van der Waals surface area (Å²) in [6.45, 7) is 3.20. The van der Waals surface area contributed by atoms with Gasteiger partial charge in [-0.25, -0.2) is 0 Å². The Labute approximate surface area is 187 Å². The molecular formula is C24H28N4O2S. The molecule has 1 unspecified atom stereocenters. The lowest BCUT2D eigenvalue weighted by Gasteiger charge is -2.15. The zero-order valence-corrected chi connectivity index (χ0v) is 18.6. The molecule has 0 bridgehead atoms. The number of carbonyl (C=O) groups is 1. The third-order valence-electron chi connectivity index (χ3n) is 5.42. The van der Waals surface area contributed by atoms with Gasteiger partial charge in [0.1, 0.15) is 0 Å². The van der Waals surface area contributed by atoms with E-state index in [0.717, 1.165) is 12.0 Å². The van der Waals surface area contributed by atoms with Crippen molar-refractivity contribution in [3.8, 4) is 11.6 Å². The fourth-order valence-electron chi connectivity index (χ4n) is 3.71. The molecule has 3 aromatic rings. The maximum absolute atomic E-state index is 12.7. The number of rotatable bonds is 9. The Hall–Kier alpha value is -2.80. The summed E-state index contributed by atoms with van der Waals surface area (Å²) in [5.41, 5.74) is 2.60. The van der Waals surface area contributed by atoms with Crippen LogP contribution in [0.3, 0.4) is 0 Å². The van der Waals surface area contributed by atoms with Gasteiger partial charge in [0, 0.05) is 6.54 Å². The first-order valence-electron chi connectivity index (χ1n) is 10.8. The molecule has 7 heteroatoms. The lowest BCUT2D eigenvalue weighted by Crippen LogP contribution is -2.32. The van der Waals surface area contributed by atoms with Crippen molar-refractivity contribution in [2.24, 2.45) is 0 Å². The SMILES string of the molecule is CC(Sc1nnc(-c2ccco2)n1Cc1ccccc1)C(=O)NCCC1=CCCCC1. The molecule has 1 amide bonds. The highest BCUT2D eigenvalue weighted by Gasteiger charge is 2.22. The lowest BCUT2D eigenvalue weighted by atomic mass is 9.97. The summed E-state index contributed by atoms with van der Waals surface area (Å²) in [4.78, 5) is 12.7. The van der Waals surface area contributed by atoms with E-state index in [1.54, 1.807) is 6.26 Å². The molecule has 6 nitrogen and oxygen atoms in total. The fraction of sp³-hybridized carbons (Fsp3) is 0.375. The molecule has 0 fully saturated rings. The van der Waals surface area contributed by atoms with Crippen LogP contribution in [-0.4, -0.2) is 32.5 Å². The number of hydrogen-bond acceptors (Lipinski definition) is 5. The average Bonchev–Trinajstić information content (AvgIpc) is 3.46. The smallest absolute Gasteiger partial charge is 0.233 e. The van der Waals surface area contributed by atoms with E-state index in [4.69, 9.17) is 4.42 Å². The summed E-state index contributed by atoms with van der Waals surface area (Å²) in [6, 6.07) is 13.9. The van der Waals surface area contributed by atoms with Crippen LogP contribution < -0.4 is 5.32 Å². The third-order valence-corrected chi connectivity index (χ3v) is 6.50. The number of benzene rings is 1. The van der Waals surface area contributed by atoms with Crippen LogP contribution in [-0.2, 0) is 11.3 Å². The van der Waals surface area contributed by atoms with Gasteiger partial charge >= 0.3 is 0 Å². The summed E-state index contributed by atoms with van der Waals surface area (Å²) in [5, 5.41) is 12.2. The number of thioether (sulfide) groups is 1. The van der Waals surface area contributed by atoms with Gasteiger partial charge in [-0.05, 0) is 56.7 Å². The topological polar surface area (TPSA) is 73.0 Å². The maximum Gasteiger partial charge on any atom is 0.233 e. The van der Waals surface area contributed by atoms with Crippen LogP contribution in [0, 0.1) is 0 Å². The van der Waals surface area contributed by atoms with Gasteiger partial charge in [0.05, 0.1) is 18.1 Å². The molecule has 0 saturated heterocycles. The quantitative estimate of drug-likeness (QED) is 0.374. The number of hydrogen-bond donors (Lipinski definition) is 1. The van der Waals surface area contributed by atoms with Gasteiger partial charge in [0.25, 0.3) is 0 Å². The second kappa shape index (κ2) is 10.5. The van der Waals surface area contributed by atoms with E-state index in [1.165, 1.54) is 43.0 Å². The molecule has 1 aliphatic carbocycles. The number of allylic oxidation sites excluding steroid dienone is 1. The van der Waals surface area contributed by atoms with Crippen molar-refractivity contribution in [2.75, 3.05) is 6.54 Å². The molecule has 0 radical (unpaired) electrons. The number of nitrogens with zero attached hydrogens (tertiary/aromatic N) is 3. The van der Waals surface area contributed by atoms with Crippen LogP contribution in [0.2, 0.25) is 0 Å². The van der Waals surface area contributed by atoms with Gasteiger partial charge in [0.2, 0.25) is 11.7 Å². The van der Waals surface area contributed by atoms with E-state index >= 15 is 0 Å². The Morgan fingerprint density at radius 3 is 2.81 bits per heavy atom. The molecule has 2 heterocycles. The highest BCUT2D eigenvalue weighted by molar-refractivity contribution is 8.00.